The van der Waals surface area contributed by atoms with Crippen molar-refractivity contribution < 1.29 is 22.3 Å². The Hall–Kier alpha value is -2.52. The molecule has 1 aromatic heterocycles. The van der Waals surface area contributed by atoms with Crippen molar-refractivity contribution in [2.24, 2.45) is 0 Å². The van der Waals surface area contributed by atoms with E-state index < -0.39 is 10.0 Å². The normalized spacial score (nSPS) is 14.9. The van der Waals surface area contributed by atoms with E-state index in [0.717, 1.165) is 11.8 Å². The molecule has 0 bridgehead atoms. The second kappa shape index (κ2) is 8.01. The van der Waals surface area contributed by atoms with Gasteiger partial charge in [-0.3, -0.25) is 9.78 Å². The summed E-state index contributed by atoms with van der Waals surface area (Å²) in [4.78, 5) is 17.7. The van der Waals surface area contributed by atoms with Gasteiger partial charge in [0.1, 0.15) is 11.6 Å². The summed E-state index contributed by atoms with van der Waals surface area (Å²) in [7, 11) is -3.43. The molecule has 1 saturated heterocycles. The molecular formula is C18H20FN3O4S. The third-order valence-corrected chi connectivity index (χ3v) is 5.56. The third kappa shape index (κ3) is 5.01. The van der Waals surface area contributed by atoms with Gasteiger partial charge in [-0.15, -0.1) is 0 Å². The van der Waals surface area contributed by atoms with Crippen LogP contribution in [-0.4, -0.2) is 60.5 Å². The fraction of sp³-hybridized carbons (Fsp3) is 0.333. The number of carbonyl (C=O) groups excluding carboxylic acids is 1. The molecule has 0 radical (unpaired) electrons. The highest BCUT2D eigenvalue weighted by Crippen LogP contribution is 2.21. The zero-order valence-corrected chi connectivity index (χ0v) is 15.6. The molecule has 1 fully saturated rings. The van der Waals surface area contributed by atoms with Crippen LogP contribution in [0.15, 0.2) is 48.8 Å². The molecule has 9 heteroatoms. The predicted molar refractivity (Wildman–Crippen MR) is 96.9 cm³/mol. The monoisotopic (exact) mass is 393 g/mol. The number of aromatic nitrogens is 1. The number of ether oxygens (including phenoxy) is 1. The smallest absolute Gasteiger partial charge is 0.260 e. The molecule has 1 aliphatic rings. The van der Waals surface area contributed by atoms with Gasteiger partial charge in [0.2, 0.25) is 10.0 Å². The van der Waals surface area contributed by atoms with Crippen LogP contribution in [0.25, 0.3) is 0 Å². The molecule has 2 aromatic rings. The number of hydrogen-bond acceptors (Lipinski definition) is 5. The molecule has 0 N–H and O–H groups in total. The Morgan fingerprint density at radius 3 is 2.59 bits per heavy atom. The predicted octanol–water partition coefficient (Wildman–Crippen LogP) is 1.27. The first-order valence-electron chi connectivity index (χ1n) is 8.35. The topological polar surface area (TPSA) is 79.8 Å². The van der Waals surface area contributed by atoms with Crippen LogP contribution >= 0.6 is 0 Å². The summed E-state index contributed by atoms with van der Waals surface area (Å²) in [6, 6.07) is 8.67. The molecule has 144 valence electrons. The highest BCUT2D eigenvalue weighted by atomic mass is 32.2. The maximum atomic E-state index is 12.9. The van der Waals surface area contributed by atoms with Crippen LogP contribution in [0.3, 0.4) is 0 Å². The summed E-state index contributed by atoms with van der Waals surface area (Å²) in [6.45, 7) is 0.642. The van der Waals surface area contributed by atoms with E-state index in [2.05, 4.69) is 4.98 Å². The molecule has 27 heavy (non-hydrogen) atoms. The number of carbonyl (C=O) groups is 1. The Balaban J connectivity index is 1.54. The van der Waals surface area contributed by atoms with Gasteiger partial charge in [0.25, 0.3) is 5.91 Å². The van der Waals surface area contributed by atoms with E-state index in [1.807, 2.05) is 6.07 Å². The fourth-order valence-corrected chi connectivity index (χ4v) is 3.86. The summed E-state index contributed by atoms with van der Waals surface area (Å²) < 4.78 is 43.8. The highest BCUT2D eigenvalue weighted by molar-refractivity contribution is 7.88. The van der Waals surface area contributed by atoms with E-state index in [9.17, 15) is 17.6 Å². The first-order chi connectivity index (χ1) is 12.8. The van der Waals surface area contributed by atoms with Crippen molar-refractivity contribution in [3.8, 4) is 5.75 Å². The summed E-state index contributed by atoms with van der Waals surface area (Å²) in [5.41, 5.74) is 0.785. The number of hydrogen-bond donors (Lipinski definition) is 0. The van der Waals surface area contributed by atoms with E-state index in [0.29, 0.717) is 18.8 Å². The van der Waals surface area contributed by atoms with Crippen molar-refractivity contribution in [3.05, 3.63) is 60.2 Å². The van der Waals surface area contributed by atoms with E-state index >= 15 is 0 Å². The van der Waals surface area contributed by atoms with Crippen molar-refractivity contribution >= 4 is 15.9 Å². The number of nitrogens with zero attached hydrogens (tertiary/aromatic N) is 3. The maximum absolute atomic E-state index is 12.9. The third-order valence-electron chi connectivity index (χ3n) is 4.29. The molecule has 1 aliphatic heterocycles. The van der Waals surface area contributed by atoms with Gasteiger partial charge in [0.15, 0.2) is 6.61 Å². The minimum atomic E-state index is -3.43. The quantitative estimate of drug-likeness (QED) is 0.708. The van der Waals surface area contributed by atoms with Gasteiger partial charge in [-0.05, 0) is 35.9 Å². The molecule has 1 amide bonds. The van der Waals surface area contributed by atoms with Gasteiger partial charge in [-0.25, -0.2) is 12.8 Å². The van der Waals surface area contributed by atoms with Crippen LogP contribution in [0.1, 0.15) is 5.56 Å². The number of sulfonamides is 1. The van der Waals surface area contributed by atoms with Crippen LogP contribution in [0, 0.1) is 5.82 Å². The van der Waals surface area contributed by atoms with E-state index in [4.69, 9.17) is 4.74 Å². The van der Waals surface area contributed by atoms with E-state index in [1.165, 1.54) is 33.5 Å². The van der Waals surface area contributed by atoms with Gasteiger partial charge >= 0.3 is 0 Å². The lowest BCUT2D eigenvalue weighted by Gasteiger charge is -2.44. The van der Waals surface area contributed by atoms with Crippen molar-refractivity contribution in [2.45, 2.75) is 12.6 Å². The van der Waals surface area contributed by atoms with Gasteiger partial charge in [0.05, 0.1) is 12.3 Å². The number of halogens is 1. The van der Waals surface area contributed by atoms with Crippen LogP contribution in [0.4, 0.5) is 4.39 Å². The van der Waals surface area contributed by atoms with Crippen LogP contribution in [0.2, 0.25) is 0 Å². The van der Waals surface area contributed by atoms with Crippen LogP contribution in [-0.2, 0) is 21.4 Å². The van der Waals surface area contributed by atoms with Crippen molar-refractivity contribution in [3.63, 3.8) is 0 Å². The first kappa shape index (κ1) is 19.2. The average Bonchev–Trinajstić information content (AvgIpc) is 2.59. The van der Waals surface area contributed by atoms with Crippen molar-refractivity contribution in [2.75, 3.05) is 26.0 Å². The number of pyridine rings is 1. The zero-order valence-electron chi connectivity index (χ0n) is 14.8. The van der Waals surface area contributed by atoms with Gasteiger partial charge in [0, 0.05) is 32.0 Å². The Labute approximate surface area is 157 Å². The molecule has 2 heterocycles. The lowest BCUT2D eigenvalue weighted by atomic mass is 10.1. The Kier molecular flexibility index (Phi) is 5.71. The standard InChI is InChI=1S/C18H20FN3O4S/c1-27(24,25)22(10-14-3-2-8-20-9-14)16-11-21(12-16)18(23)13-26-17-6-4-15(19)5-7-17/h2-9,16H,10-13H2,1H3. The molecule has 1 aromatic carbocycles. The van der Waals surface area contributed by atoms with Crippen molar-refractivity contribution in [1.82, 2.24) is 14.2 Å². The SMILES string of the molecule is CS(=O)(=O)N(Cc1cccnc1)C1CN(C(=O)COc2ccc(F)cc2)C1. The first-order valence-corrected chi connectivity index (χ1v) is 10.2. The second-order valence-electron chi connectivity index (χ2n) is 6.36. The number of likely N-dealkylation sites (tertiary alicyclic amines) is 1. The molecule has 0 aliphatic carbocycles. The lowest BCUT2D eigenvalue weighted by molar-refractivity contribution is -0.139. The number of amides is 1. The zero-order chi connectivity index (χ0) is 19.4. The van der Waals surface area contributed by atoms with Gasteiger partial charge < -0.3 is 9.64 Å². The summed E-state index contributed by atoms with van der Waals surface area (Å²) >= 11 is 0. The maximum Gasteiger partial charge on any atom is 0.260 e. The Bertz CT molecular complexity index is 885. The molecule has 3 rings (SSSR count). The number of benzene rings is 1. The minimum Gasteiger partial charge on any atom is -0.484 e. The largest absolute Gasteiger partial charge is 0.484 e. The van der Waals surface area contributed by atoms with E-state index in [-0.39, 0.29) is 30.9 Å². The minimum absolute atomic E-state index is 0.181. The fourth-order valence-electron chi connectivity index (χ4n) is 2.80. The lowest BCUT2D eigenvalue weighted by Crippen LogP contribution is -2.62. The molecular weight excluding hydrogens is 373 g/mol. The van der Waals surface area contributed by atoms with Crippen LogP contribution < -0.4 is 4.74 Å². The molecule has 0 spiro atoms. The van der Waals surface area contributed by atoms with E-state index in [1.54, 1.807) is 18.5 Å². The Morgan fingerprint density at radius 2 is 2.00 bits per heavy atom. The van der Waals surface area contributed by atoms with Crippen LogP contribution in [0.5, 0.6) is 5.75 Å². The second-order valence-corrected chi connectivity index (χ2v) is 8.30. The van der Waals surface area contributed by atoms with Gasteiger partial charge in [-0.2, -0.15) is 4.31 Å². The number of rotatable bonds is 7. The van der Waals surface area contributed by atoms with Crippen molar-refractivity contribution in [1.29, 1.82) is 0 Å². The summed E-state index contributed by atoms with van der Waals surface area (Å²) in [5, 5.41) is 0. The summed E-state index contributed by atoms with van der Waals surface area (Å²) in [5.74, 6) is -0.227. The Morgan fingerprint density at radius 1 is 1.30 bits per heavy atom. The molecule has 0 saturated carbocycles. The summed E-state index contributed by atoms with van der Waals surface area (Å²) in [6.07, 6.45) is 4.40. The molecule has 0 atom stereocenters. The van der Waals surface area contributed by atoms with Gasteiger partial charge in [-0.1, -0.05) is 6.07 Å². The molecule has 0 unspecified atom stereocenters. The molecule has 7 nitrogen and oxygen atoms in total. The average molecular weight is 393 g/mol. The highest BCUT2D eigenvalue weighted by Gasteiger charge is 2.38.